The monoisotopic (exact) mass is 214 g/mol. The van der Waals surface area contributed by atoms with Crippen LogP contribution >= 0.6 is 0 Å². The second kappa shape index (κ2) is 5.11. The van der Waals surface area contributed by atoms with Gasteiger partial charge < -0.3 is 15.3 Å². The van der Waals surface area contributed by atoms with Crippen molar-refractivity contribution < 1.29 is 14.7 Å². The number of nitrogens with zero attached hydrogens (tertiary/aromatic N) is 1. The fraction of sp³-hybridized carbons (Fsp3) is 0.800. The van der Waals surface area contributed by atoms with Crippen molar-refractivity contribution in [3.05, 3.63) is 0 Å². The first kappa shape index (κ1) is 12.0. The van der Waals surface area contributed by atoms with E-state index in [1.807, 2.05) is 6.92 Å². The number of hydrogen-bond donors (Lipinski definition) is 2. The zero-order chi connectivity index (χ0) is 11.4. The number of hydrogen-bond acceptors (Lipinski definition) is 3. The molecule has 1 rings (SSSR count). The molecule has 5 heteroatoms. The lowest BCUT2D eigenvalue weighted by Crippen LogP contribution is -2.36. The van der Waals surface area contributed by atoms with Crippen molar-refractivity contribution in [1.29, 1.82) is 0 Å². The highest BCUT2D eigenvalue weighted by Gasteiger charge is 2.33. The van der Waals surface area contributed by atoms with E-state index in [-0.39, 0.29) is 24.3 Å². The topological polar surface area (TPSA) is 69.6 Å². The lowest BCUT2D eigenvalue weighted by atomic mass is 10.1. The Hall–Kier alpha value is -1.10. The summed E-state index contributed by atoms with van der Waals surface area (Å²) >= 11 is 0. The third kappa shape index (κ3) is 3.20. The van der Waals surface area contributed by atoms with Crippen LogP contribution in [0.4, 0.5) is 0 Å². The maximum atomic E-state index is 11.6. The number of nitrogens with one attached hydrogen (secondary N) is 1. The van der Waals surface area contributed by atoms with E-state index in [4.69, 9.17) is 5.11 Å². The van der Waals surface area contributed by atoms with Gasteiger partial charge in [-0.15, -0.1) is 0 Å². The Morgan fingerprint density at radius 2 is 2.40 bits per heavy atom. The van der Waals surface area contributed by atoms with Gasteiger partial charge in [-0.05, 0) is 13.8 Å². The summed E-state index contributed by atoms with van der Waals surface area (Å²) in [5.74, 6) is -0.355. The van der Waals surface area contributed by atoms with Crippen molar-refractivity contribution in [2.75, 3.05) is 19.6 Å². The number of rotatable bonds is 4. The maximum absolute atomic E-state index is 11.6. The average Bonchev–Trinajstić information content (AvgIpc) is 2.56. The predicted octanol–water partition coefficient (Wildman–Crippen LogP) is -0.648. The molecule has 2 amide bonds. The molecular weight excluding hydrogens is 196 g/mol. The third-order valence-electron chi connectivity index (χ3n) is 2.54. The summed E-state index contributed by atoms with van der Waals surface area (Å²) in [5, 5.41) is 11.6. The number of carbonyl (C=O) groups excluding carboxylic acids is 2. The second-order valence-electron chi connectivity index (χ2n) is 3.93. The van der Waals surface area contributed by atoms with Gasteiger partial charge in [-0.3, -0.25) is 9.59 Å². The zero-order valence-corrected chi connectivity index (χ0v) is 9.19. The summed E-state index contributed by atoms with van der Waals surface area (Å²) < 4.78 is 0. The molecular formula is C10H18N2O3. The first-order valence-corrected chi connectivity index (χ1v) is 5.28. The van der Waals surface area contributed by atoms with E-state index in [2.05, 4.69) is 5.32 Å². The highest BCUT2D eigenvalue weighted by Crippen LogP contribution is 2.17. The normalized spacial score (nSPS) is 23.0. The Kier molecular flexibility index (Phi) is 4.08. The molecule has 0 saturated carbocycles. The largest absolute Gasteiger partial charge is 0.392 e. The van der Waals surface area contributed by atoms with Crippen molar-refractivity contribution in [1.82, 2.24) is 10.2 Å². The SMILES string of the molecule is CCN1CC(C(=O)NC[C@@H](C)O)CC1=O. The van der Waals surface area contributed by atoms with Crippen molar-refractivity contribution in [2.24, 2.45) is 5.92 Å². The highest BCUT2D eigenvalue weighted by atomic mass is 16.3. The van der Waals surface area contributed by atoms with Crippen LogP contribution in [-0.2, 0) is 9.59 Å². The van der Waals surface area contributed by atoms with E-state index in [0.29, 0.717) is 19.5 Å². The van der Waals surface area contributed by atoms with Gasteiger partial charge in [-0.2, -0.15) is 0 Å². The Morgan fingerprint density at radius 1 is 1.73 bits per heavy atom. The molecule has 2 atom stereocenters. The molecule has 0 aromatic heterocycles. The molecule has 1 heterocycles. The van der Waals surface area contributed by atoms with Gasteiger partial charge in [0, 0.05) is 26.1 Å². The van der Waals surface area contributed by atoms with E-state index < -0.39 is 6.10 Å². The first-order valence-electron chi connectivity index (χ1n) is 5.28. The van der Waals surface area contributed by atoms with E-state index in [1.54, 1.807) is 11.8 Å². The van der Waals surface area contributed by atoms with Crippen molar-refractivity contribution in [3.8, 4) is 0 Å². The number of carbonyl (C=O) groups is 2. The van der Waals surface area contributed by atoms with Crippen molar-refractivity contribution in [2.45, 2.75) is 26.4 Å². The fourth-order valence-electron chi connectivity index (χ4n) is 1.65. The second-order valence-corrected chi connectivity index (χ2v) is 3.93. The predicted molar refractivity (Wildman–Crippen MR) is 55.1 cm³/mol. The molecule has 0 aromatic rings. The van der Waals surface area contributed by atoms with Crippen LogP contribution in [-0.4, -0.2) is 47.6 Å². The molecule has 86 valence electrons. The Balaban J connectivity index is 2.39. The van der Waals surface area contributed by atoms with Crippen LogP contribution in [0.3, 0.4) is 0 Å². The van der Waals surface area contributed by atoms with Gasteiger partial charge >= 0.3 is 0 Å². The van der Waals surface area contributed by atoms with Crippen LogP contribution in [0.1, 0.15) is 20.3 Å². The van der Waals surface area contributed by atoms with Crippen LogP contribution in [0, 0.1) is 5.92 Å². The Bertz CT molecular complexity index is 253. The van der Waals surface area contributed by atoms with Crippen LogP contribution in [0.25, 0.3) is 0 Å². The minimum atomic E-state index is -0.548. The number of aliphatic hydroxyl groups is 1. The summed E-state index contributed by atoms with van der Waals surface area (Å²) in [6.45, 7) is 4.90. The summed E-state index contributed by atoms with van der Waals surface area (Å²) in [6.07, 6.45) is -0.257. The molecule has 0 aromatic carbocycles. The molecule has 1 unspecified atom stereocenters. The molecule has 1 saturated heterocycles. The highest BCUT2D eigenvalue weighted by molar-refractivity contribution is 5.89. The molecule has 0 bridgehead atoms. The van der Waals surface area contributed by atoms with Gasteiger partial charge in [0.2, 0.25) is 11.8 Å². The van der Waals surface area contributed by atoms with Crippen LogP contribution < -0.4 is 5.32 Å². The Morgan fingerprint density at radius 3 is 2.87 bits per heavy atom. The minimum absolute atomic E-state index is 0.0368. The fourth-order valence-corrected chi connectivity index (χ4v) is 1.65. The van der Waals surface area contributed by atoms with Crippen molar-refractivity contribution >= 4 is 11.8 Å². The van der Waals surface area contributed by atoms with Crippen LogP contribution in [0.15, 0.2) is 0 Å². The molecule has 0 aliphatic carbocycles. The van der Waals surface area contributed by atoms with E-state index >= 15 is 0 Å². The van der Waals surface area contributed by atoms with Gasteiger partial charge in [0.15, 0.2) is 0 Å². The average molecular weight is 214 g/mol. The van der Waals surface area contributed by atoms with Gasteiger partial charge in [-0.25, -0.2) is 0 Å². The van der Waals surface area contributed by atoms with Crippen molar-refractivity contribution in [3.63, 3.8) is 0 Å². The summed E-state index contributed by atoms with van der Waals surface area (Å²) in [4.78, 5) is 24.6. The molecule has 0 radical (unpaired) electrons. The van der Waals surface area contributed by atoms with Gasteiger partial charge in [0.25, 0.3) is 0 Å². The zero-order valence-electron chi connectivity index (χ0n) is 9.19. The first-order chi connectivity index (χ1) is 7.04. The van der Waals surface area contributed by atoms with Gasteiger partial charge in [0.1, 0.15) is 0 Å². The van der Waals surface area contributed by atoms with Gasteiger partial charge in [-0.1, -0.05) is 0 Å². The number of aliphatic hydroxyl groups excluding tert-OH is 1. The quantitative estimate of drug-likeness (QED) is 0.653. The third-order valence-corrected chi connectivity index (χ3v) is 2.54. The van der Waals surface area contributed by atoms with Gasteiger partial charge in [0.05, 0.1) is 12.0 Å². The summed E-state index contributed by atoms with van der Waals surface area (Å²) in [5.41, 5.74) is 0. The number of amides is 2. The van der Waals surface area contributed by atoms with E-state index in [0.717, 1.165) is 0 Å². The molecule has 15 heavy (non-hydrogen) atoms. The standard InChI is InChI=1S/C10H18N2O3/c1-3-12-6-8(4-9(12)14)10(15)11-5-7(2)13/h7-8,13H,3-6H2,1-2H3,(H,11,15)/t7-,8?/m1/s1. The Labute approximate surface area is 89.4 Å². The lowest BCUT2D eigenvalue weighted by molar-refractivity contribution is -0.129. The molecule has 1 aliphatic rings. The van der Waals surface area contributed by atoms with Crippen LogP contribution in [0.2, 0.25) is 0 Å². The molecule has 1 fully saturated rings. The molecule has 0 spiro atoms. The molecule has 2 N–H and O–H groups in total. The summed E-state index contributed by atoms with van der Waals surface area (Å²) in [6, 6.07) is 0. The van der Waals surface area contributed by atoms with E-state index in [9.17, 15) is 9.59 Å². The minimum Gasteiger partial charge on any atom is -0.392 e. The lowest BCUT2D eigenvalue weighted by Gasteiger charge is -2.14. The molecule has 1 aliphatic heterocycles. The molecule has 5 nitrogen and oxygen atoms in total. The van der Waals surface area contributed by atoms with E-state index in [1.165, 1.54) is 0 Å². The maximum Gasteiger partial charge on any atom is 0.225 e. The van der Waals surface area contributed by atoms with Crippen LogP contribution in [0.5, 0.6) is 0 Å². The number of likely N-dealkylation sites (tertiary alicyclic amines) is 1. The smallest absolute Gasteiger partial charge is 0.225 e. The summed E-state index contributed by atoms with van der Waals surface area (Å²) in [7, 11) is 0.